The molecule has 1 atom stereocenters. The topological polar surface area (TPSA) is 48.3 Å². The molecule has 2 heterocycles. The van der Waals surface area contributed by atoms with Gasteiger partial charge in [0.2, 0.25) is 0 Å². The fourth-order valence-electron chi connectivity index (χ4n) is 2.55. The standard InChI is InChI=1S/C16H25N3O2S/c1-11(9-21-5)17-16-18-15(10-22-16)14-8-12(2)19(13(14)3)6-7-20-4/h8,10-11H,6-7,9H2,1-5H3,(H,17,18)/t11-/m1/s1. The van der Waals surface area contributed by atoms with Crippen LogP contribution in [0.2, 0.25) is 0 Å². The minimum atomic E-state index is 0.248. The third kappa shape index (κ3) is 3.88. The summed E-state index contributed by atoms with van der Waals surface area (Å²) in [6.45, 7) is 8.60. The molecule has 122 valence electrons. The first-order valence-corrected chi connectivity index (χ1v) is 8.31. The van der Waals surface area contributed by atoms with Crippen LogP contribution in [0.1, 0.15) is 18.3 Å². The van der Waals surface area contributed by atoms with Gasteiger partial charge in [-0.2, -0.15) is 0 Å². The molecule has 2 aromatic rings. The molecule has 0 saturated carbocycles. The molecule has 5 nitrogen and oxygen atoms in total. The van der Waals surface area contributed by atoms with E-state index in [0.29, 0.717) is 13.2 Å². The quantitative estimate of drug-likeness (QED) is 0.809. The van der Waals surface area contributed by atoms with Gasteiger partial charge in [-0.25, -0.2) is 4.98 Å². The monoisotopic (exact) mass is 323 g/mol. The summed E-state index contributed by atoms with van der Waals surface area (Å²) in [5, 5.41) is 6.40. The summed E-state index contributed by atoms with van der Waals surface area (Å²) in [6, 6.07) is 2.45. The van der Waals surface area contributed by atoms with Crippen LogP contribution < -0.4 is 5.32 Å². The number of nitrogens with zero attached hydrogens (tertiary/aromatic N) is 2. The van der Waals surface area contributed by atoms with Gasteiger partial charge in [-0.3, -0.25) is 0 Å². The fraction of sp³-hybridized carbons (Fsp3) is 0.562. The first-order valence-electron chi connectivity index (χ1n) is 7.43. The Kier molecular flexibility index (Phi) is 5.99. The largest absolute Gasteiger partial charge is 0.383 e. The number of thiazole rings is 1. The number of hydrogen-bond acceptors (Lipinski definition) is 5. The minimum Gasteiger partial charge on any atom is -0.383 e. The van der Waals surface area contributed by atoms with Crippen LogP contribution >= 0.6 is 11.3 Å². The average Bonchev–Trinajstić information content (AvgIpc) is 3.03. The molecule has 0 aliphatic rings. The maximum Gasteiger partial charge on any atom is 0.183 e. The molecule has 0 aromatic carbocycles. The van der Waals surface area contributed by atoms with Gasteiger partial charge in [-0.1, -0.05) is 0 Å². The van der Waals surface area contributed by atoms with E-state index in [9.17, 15) is 0 Å². The number of methoxy groups -OCH3 is 2. The summed E-state index contributed by atoms with van der Waals surface area (Å²) in [6.07, 6.45) is 0. The Labute approximate surface area is 136 Å². The molecule has 0 spiro atoms. The highest BCUT2D eigenvalue weighted by molar-refractivity contribution is 7.14. The van der Waals surface area contributed by atoms with Gasteiger partial charge in [0, 0.05) is 49.1 Å². The number of rotatable bonds is 8. The molecule has 1 N–H and O–H groups in total. The molecular formula is C16H25N3O2S. The molecule has 0 radical (unpaired) electrons. The van der Waals surface area contributed by atoms with Gasteiger partial charge in [-0.15, -0.1) is 11.3 Å². The maximum atomic E-state index is 5.19. The van der Waals surface area contributed by atoms with Crippen LogP contribution in [0.5, 0.6) is 0 Å². The first-order chi connectivity index (χ1) is 10.6. The van der Waals surface area contributed by atoms with E-state index in [1.54, 1.807) is 25.6 Å². The molecule has 0 bridgehead atoms. The van der Waals surface area contributed by atoms with Crippen molar-refractivity contribution >= 4 is 16.5 Å². The lowest BCUT2D eigenvalue weighted by molar-refractivity contribution is 0.186. The van der Waals surface area contributed by atoms with Crippen molar-refractivity contribution in [3.8, 4) is 11.3 Å². The number of anilines is 1. The van der Waals surface area contributed by atoms with Crippen molar-refractivity contribution in [2.45, 2.75) is 33.4 Å². The zero-order chi connectivity index (χ0) is 16.1. The number of aryl methyl sites for hydroxylation is 1. The number of hydrogen-bond donors (Lipinski definition) is 1. The molecule has 0 unspecified atom stereocenters. The van der Waals surface area contributed by atoms with Gasteiger partial charge >= 0.3 is 0 Å². The Hall–Kier alpha value is -1.37. The van der Waals surface area contributed by atoms with Gasteiger partial charge in [0.1, 0.15) is 0 Å². The molecule has 22 heavy (non-hydrogen) atoms. The van der Waals surface area contributed by atoms with Crippen LogP contribution in [0, 0.1) is 13.8 Å². The maximum absolute atomic E-state index is 5.19. The summed E-state index contributed by atoms with van der Waals surface area (Å²) in [4.78, 5) is 4.71. The molecule has 2 rings (SSSR count). The number of ether oxygens (including phenoxy) is 2. The van der Waals surface area contributed by atoms with Crippen molar-refractivity contribution in [3.63, 3.8) is 0 Å². The van der Waals surface area contributed by atoms with Crippen molar-refractivity contribution in [2.75, 3.05) is 32.8 Å². The van der Waals surface area contributed by atoms with Gasteiger partial charge in [0.25, 0.3) is 0 Å². The smallest absolute Gasteiger partial charge is 0.183 e. The van der Waals surface area contributed by atoms with E-state index in [0.717, 1.165) is 17.4 Å². The number of nitrogens with one attached hydrogen (secondary N) is 1. The summed E-state index contributed by atoms with van der Waals surface area (Å²) >= 11 is 1.63. The van der Waals surface area contributed by atoms with E-state index in [2.05, 4.69) is 42.1 Å². The highest BCUT2D eigenvalue weighted by atomic mass is 32.1. The van der Waals surface area contributed by atoms with Crippen LogP contribution in [0.15, 0.2) is 11.4 Å². The van der Waals surface area contributed by atoms with Crippen molar-refractivity contribution < 1.29 is 9.47 Å². The third-order valence-corrected chi connectivity index (χ3v) is 4.43. The molecule has 6 heteroatoms. The van der Waals surface area contributed by atoms with Crippen molar-refractivity contribution in [2.24, 2.45) is 0 Å². The predicted octanol–water partition coefficient (Wildman–Crippen LogP) is 3.32. The lowest BCUT2D eigenvalue weighted by atomic mass is 10.2. The van der Waals surface area contributed by atoms with E-state index in [1.807, 2.05) is 0 Å². The first kappa shape index (κ1) is 17.0. The lowest BCUT2D eigenvalue weighted by Crippen LogP contribution is -2.20. The molecular weight excluding hydrogens is 298 g/mol. The highest BCUT2D eigenvalue weighted by Crippen LogP contribution is 2.30. The Bertz CT molecular complexity index is 607. The normalized spacial score (nSPS) is 12.6. The van der Waals surface area contributed by atoms with Gasteiger partial charge in [0.15, 0.2) is 5.13 Å². The van der Waals surface area contributed by atoms with Crippen LogP contribution in [-0.2, 0) is 16.0 Å². The summed E-state index contributed by atoms with van der Waals surface area (Å²) in [7, 11) is 3.44. The van der Waals surface area contributed by atoms with Crippen molar-refractivity contribution in [3.05, 3.63) is 22.8 Å². The Balaban J connectivity index is 2.17. The second kappa shape index (κ2) is 7.76. The Morgan fingerprint density at radius 2 is 2.09 bits per heavy atom. The second-order valence-electron chi connectivity index (χ2n) is 5.47. The molecule has 0 saturated heterocycles. The van der Waals surface area contributed by atoms with Crippen molar-refractivity contribution in [1.29, 1.82) is 0 Å². The predicted molar refractivity (Wildman–Crippen MR) is 91.9 cm³/mol. The SMILES string of the molecule is COCCn1c(C)cc(-c2csc(N[C@H](C)COC)n2)c1C. The van der Waals surface area contributed by atoms with Gasteiger partial charge in [-0.05, 0) is 26.8 Å². The van der Waals surface area contributed by atoms with Crippen LogP contribution in [0.4, 0.5) is 5.13 Å². The minimum absolute atomic E-state index is 0.248. The van der Waals surface area contributed by atoms with Crippen LogP contribution in [0.3, 0.4) is 0 Å². The number of aromatic nitrogens is 2. The zero-order valence-electron chi connectivity index (χ0n) is 14.0. The van der Waals surface area contributed by atoms with E-state index in [4.69, 9.17) is 14.5 Å². The summed E-state index contributed by atoms with van der Waals surface area (Å²) < 4.78 is 12.6. The second-order valence-corrected chi connectivity index (χ2v) is 6.33. The van der Waals surface area contributed by atoms with Gasteiger partial charge < -0.3 is 19.4 Å². The Morgan fingerprint density at radius 3 is 2.77 bits per heavy atom. The molecule has 0 aliphatic heterocycles. The van der Waals surface area contributed by atoms with Crippen molar-refractivity contribution in [1.82, 2.24) is 9.55 Å². The van der Waals surface area contributed by atoms with E-state index in [-0.39, 0.29) is 6.04 Å². The average molecular weight is 323 g/mol. The van der Waals surface area contributed by atoms with Crippen LogP contribution in [0.25, 0.3) is 11.3 Å². The summed E-state index contributed by atoms with van der Waals surface area (Å²) in [5.74, 6) is 0. The van der Waals surface area contributed by atoms with E-state index < -0.39 is 0 Å². The molecule has 0 aliphatic carbocycles. The third-order valence-electron chi connectivity index (χ3n) is 3.66. The highest BCUT2D eigenvalue weighted by Gasteiger charge is 2.14. The summed E-state index contributed by atoms with van der Waals surface area (Å²) in [5.41, 5.74) is 4.68. The molecule has 0 fully saturated rings. The Morgan fingerprint density at radius 1 is 1.32 bits per heavy atom. The lowest BCUT2D eigenvalue weighted by Gasteiger charge is -2.10. The van der Waals surface area contributed by atoms with E-state index in [1.165, 1.54) is 17.0 Å². The fourth-order valence-corrected chi connectivity index (χ4v) is 3.38. The molecule has 0 amide bonds. The van der Waals surface area contributed by atoms with Crippen LogP contribution in [-0.4, -0.2) is 43.0 Å². The zero-order valence-corrected chi connectivity index (χ0v) is 14.8. The van der Waals surface area contributed by atoms with Gasteiger partial charge in [0.05, 0.1) is 18.9 Å². The van der Waals surface area contributed by atoms with E-state index >= 15 is 0 Å². The molecule has 2 aromatic heterocycles.